The van der Waals surface area contributed by atoms with E-state index in [9.17, 15) is 0 Å². The number of hydrazine groups is 1. The van der Waals surface area contributed by atoms with Crippen molar-refractivity contribution in [3.63, 3.8) is 0 Å². The Morgan fingerprint density at radius 2 is 2.29 bits per heavy atom. The van der Waals surface area contributed by atoms with Gasteiger partial charge in [0.2, 0.25) is 0 Å². The SMILES string of the molecule is NCCNN1CC1. The van der Waals surface area contributed by atoms with Gasteiger partial charge in [-0.1, -0.05) is 0 Å². The first-order valence-corrected chi connectivity index (χ1v) is 2.62. The Morgan fingerprint density at radius 3 is 2.71 bits per heavy atom. The van der Waals surface area contributed by atoms with E-state index in [0.29, 0.717) is 0 Å². The Kier molecular flexibility index (Phi) is 1.62. The third-order valence-electron chi connectivity index (χ3n) is 0.927. The molecule has 1 rings (SSSR count). The average molecular weight is 101 g/mol. The van der Waals surface area contributed by atoms with Crippen LogP contribution in [0.1, 0.15) is 0 Å². The number of rotatable bonds is 3. The molecule has 0 aromatic rings. The second kappa shape index (κ2) is 2.26. The predicted molar refractivity (Wildman–Crippen MR) is 28.6 cm³/mol. The smallest absolute Gasteiger partial charge is 0.0273 e. The fourth-order valence-corrected chi connectivity index (χ4v) is 0.431. The van der Waals surface area contributed by atoms with Gasteiger partial charge in [0, 0.05) is 26.2 Å². The number of hydrogen-bond acceptors (Lipinski definition) is 3. The maximum absolute atomic E-state index is 5.22. The minimum atomic E-state index is 0.733. The molecule has 3 nitrogen and oxygen atoms in total. The van der Waals surface area contributed by atoms with Gasteiger partial charge in [-0.2, -0.15) is 0 Å². The summed E-state index contributed by atoms with van der Waals surface area (Å²) in [5.74, 6) is 0. The molecule has 1 saturated heterocycles. The maximum atomic E-state index is 5.22. The summed E-state index contributed by atoms with van der Waals surface area (Å²) in [5.41, 5.74) is 8.33. The third-order valence-corrected chi connectivity index (χ3v) is 0.927. The molecule has 42 valence electrons. The first-order valence-electron chi connectivity index (χ1n) is 2.62. The number of nitrogens with zero attached hydrogens (tertiary/aromatic N) is 1. The van der Waals surface area contributed by atoms with Crippen LogP contribution in [-0.4, -0.2) is 31.2 Å². The largest absolute Gasteiger partial charge is 0.329 e. The van der Waals surface area contributed by atoms with E-state index in [0.717, 1.165) is 13.1 Å². The van der Waals surface area contributed by atoms with Crippen molar-refractivity contribution in [2.24, 2.45) is 5.73 Å². The van der Waals surface area contributed by atoms with Gasteiger partial charge in [-0.25, -0.2) is 5.01 Å². The minimum absolute atomic E-state index is 0.733. The van der Waals surface area contributed by atoms with Crippen molar-refractivity contribution in [3.8, 4) is 0 Å². The number of nitrogens with one attached hydrogen (secondary N) is 1. The van der Waals surface area contributed by atoms with E-state index in [1.54, 1.807) is 0 Å². The lowest BCUT2D eigenvalue weighted by molar-refractivity contribution is 0.411. The highest BCUT2D eigenvalue weighted by Crippen LogP contribution is 1.94. The summed E-state index contributed by atoms with van der Waals surface area (Å²) in [6.45, 7) is 4.04. The molecule has 0 saturated carbocycles. The molecule has 0 unspecified atom stereocenters. The minimum Gasteiger partial charge on any atom is -0.329 e. The van der Waals surface area contributed by atoms with Gasteiger partial charge in [-0.3, -0.25) is 5.43 Å². The van der Waals surface area contributed by atoms with E-state index in [1.165, 1.54) is 13.1 Å². The van der Waals surface area contributed by atoms with Gasteiger partial charge >= 0.3 is 0 Å². The summed E-state index contributed by atoms with van der Waals surface area (Å²) in [5, 5.41) is 2.13. The molecule has 1 fully saturated rings. The Bertz CT molecular complexity index is 50.9. The molecular formula is C4H11N3. The van der Waals surface area contributed by atoms with Crippen LogP contribution in [0.5, 0.6) is 0 Å². The zero-order valence-corrected chi connectivity index (χ0v) is 4.35. The molecule has 3 heteroatoms. The molecule has 0 aromatic heterocycles. The van der Waals surface area contributed by atoms with E-state index in [4.69, 9.17) is 5.73 Å². The van der Waals surface area contributed by atoms with E-state index in [2.05, 4.69) is 10.4 Å². The number of hydrogen-bond donors (Lipinski definition) is 2. The Morgan fingerprint density at radius 1 is 1.57 bits per heavy atom. The van der Waals surface area contributed by atoms with Gasteiger partial charge in [-0.05, 0) is 0 Å². The first kappa shape index (κ1) is 5.03. The van der Waals surface area contributed by atoms with E-state index in [-0.39, 0.29) is 0 Å². The normalized spacial score (nSPS) is 20.1. The lowest BCUT2D eigenvalue weighted by atomic mass is 10.7. The molecule has 0 bridgehead atoms. The highest BCUT2D eigenvalue weighted by Gasteiger charge is 2.14. The van der Waals surface area contributed by atoms with Crippen molar-refractivity contribution in [1.82, 2.24) is 10.4 Å². The zero-order valence-electron chi connectivity index (χ0n) is 4.35. The molecule has 3 N–H and O–H groups in total. The second-order valence-electron chi connectivity index (χ2n) is 1.68. The van der Waals surface area contributed by atoms with Crippen molar-refractivity contribution in [3.05, 3.63) is 0 Å². The molecule has 1 aliphatic heterocycles. The van der Waals surface area contributed by atoms with Gasteiger partial charge in [0.1, 0.15) is 0 Å². The van der Waals surface area contributed by atoms with Crippen LogP contribution in [-0.2, 0) is 0 Å². The number of nitrogens with two attached hydrogens (primary N) is 1. The molecule has 7 heavy (non-hydrogen) atoms. The molecule has 0 spiro atoms. The Labute approximate surface area is 43.4 Å². The van der Waals surface area contributed by atoms with Crippen molar-refractivity contribution in [1.29, 1.82) is 0 Å². The Balaban J connectivity index is 1.80. The summed E-state index contributed by atoms with van der Waals surface area (Å²) in [7, 11) is 0. The summed E-state index contributed by atoms with van der Waals surface area (Å²) < 4.78 is 0. The van der Waals surface area contributed by atoms with Gasteiger partial charge in [0.25, 0.3) is 0 Å². The fraction of sp³-hybridized carbons (Fsp3) is 1.00. The van der Waals surface area contributed by atoms with Gasteiger partial charge in [0.05, 0.1) is 0 Å². The van der Waals surface area contributed by atoms with Crippen molar-refractivity contribution in [2.75, 3.05) is 26.2 Å². The van der Waals surface area contributed by atoms with Gasteiger partial charge in [-0.15, -0.1) is 0 Å². The fourth-order valence-electron chi connectivity index (χ4n) is 0.431. The van der Waals surface area contributed by atoms with E-state index in [1.807, 2.05) is 0 Å². The monoisotopic (exact) mass is 101 g/mol. The highest BCUT2D eigenvalue weighted by molar-refractivity contribution is 4.66. The quantitative estimate of drug-likeness (QED) is 0.437. The molecule has 0 radical (unpaired) electrons. The molecule has 0 atom stereocenters. The van der Waals surface area contributed by atoms with E-state index >= 15 is 0 Å². The van der Waals surface area contributed by atoms with Crippen LogP contribution >= 0.6 is 0 Å². The molecule has 0 amide bonds. The second-order valence-corrected chi connectivity index (χ2v) is 1.68. The molecule has 1 heterocycles. The van der Waals surface area contributed by atoms with Crippen LogP contribution in [0, 0.1) is 0 Å². The lowest BCUT2D eigenvalue weighted by Gasteiger charge is -1.98. The van der Waals surface area contributed by atoms with Crippen LogP contribution in [0.25, 0.3) is 0 Å². The molecule has 1 aliphatic rings. The lowest BCUT2D eigenvalue weighted by Crippen LogP contribution is -2.27. The van der Waals surface area contributed by atoms with E-state index < -0.39 is 0 Å². The summed E-state index contributed by atoms with van der Waals surface area (Å²) in [4.78, 5) is 0. The van der Waals surface area contributed by atoms with Gasteiger partial charge in [0.15, 0.2) is 0 Å². The average Bonchev–Trinajstić information content (AvgIpc) is 2.42. The van der Waals surface area contributed by atoms with Crippen LogP contribution in [0.15, 0.2) is 0 Å². The third kappa shape index (κ3) is 1.87. The van der Waals surface area contributed by atoms with Crippen LogP contribution in [0.2, 0.25) is 0 Å². The van der Waals surface area contributed by atoms with Crippen LogP contribution in [0.3, 0.4) is 0 Å². The summed E-state index contributed by atoms with van der Waals surface area (Å²) in [6.07, 6.45) is 0. The van der Waals surface area contributed by atoms with Crippen LogP contribution < -0.4 is 11.2 Å². The zero-order chi connectivity index (χ0) is 5.11. The summed E-state index contributed by atoms with van der Waals surface area (Å²) in [6, 6.07) is 0. The van der Waals surface area contributed by atoms with Crippen LogP contribution in [0.4, 0.5) is 0 Å². The standard InChI is InChI=1S/C4H11N3/c5-1-2-6-7-3-4-7/h6H,1-5H2. The highest BCUT2D eigenvalue weighted by atomic mass is 15.6. The first-order chi connectivity index (χ1) is 3.43. The molecule has 0 aliphatic carbocycles. The predicted octanol–water partition coefficient (Wildman–Crippen LogP) is -1.23. The van der Waals surface area contributed by atoms with Crippen molar-refractivity contribution >= 4 is 0 Å². The topological polar surface area (TPSA) is 41.1 Å². The maximum Gasteiger partial charge on any atom is 0.0273 e. The summed E-state index contributed by atoms with van der Waals surface area (Å²) >= 11 is 0. The van der Waals surface area contributed by atoms with Crippen molar-refractivity contribution in [2.45, 2.75) is 0 Å². The Hall–Kier alpha value is -0.120. The van der Waals surface area contributed by atoms with Gasteiger partial charge < -0.3 is 5.73 Å². The molecular weight excluding hydrogens is 90.1 g/mol. The van der Waals surface area contributed by atoms with Crippen molar-refractivity contribution < 1.29 is 0 Å². The molecule has 0 aromatic carbocycles.